The number of likely N-dealkylation sites (N-methyl/N-ethyl adjacent to an activating group) is 1. The first-order chi connectivity index (χ1) is 17.0. The SMILES string of the molecule is COc1cc(N2CCN(C)CC2)ccc1Nc1nc(Nc2ccccc2P(C)C)c2sccc2n1. The Kier molecular flexibility index (Phi) is 7.04. The van der Waals surface area contributed by atoms with Crippen LogP contribution >= 0.6 is 19.3 Å². The lowest BCUT2D eigenvalue weighted by Crippen LogP contribution is -2.44. The van der Waals surface area contributed by atoms with Crippen molar-refractivity contribution in [1.82, 2.24) is 14.9 Å². The van der Waals surface area contributed by atoms with E-state index in [0.29, 0.717) is 5.95 Å². The van der Waals surface area contributed by atoms with Gasteiger partial charge in [-0.25, -0.2) is 4.98 Å². The summed E-state index contributed by atoms with van der Waals surface area (Å²) in [5.74, 6) is 2.12. The predicted octanol–water partition coefficient (Wildman–Crippen LogP) is 5.31. The van der Waals surface area contributed by atoms with Gasteiger partial charge in [0.05, 0.1) is 23.0 Å². The fourth-order valence-corrected chi connectivity index (χ4v) is 6.04. The van der Waals surface area contributed by atoms with Crippen LogP contribution in [-0.4, -0.2) is 68.5 Å². The van der Waals surface area contributed by atoms with E-state index < -0.39 is 0 Å². The summed E-state index contributed by atoms with van der Waals surface area (Å²) in [6.07, 6.45) is 0. The van der Waals surface area contributed by atoms with Crippen LogP contribution in [0.1, 0.15) is 0 Å². The molecule has 2 N–H and O–H groups in total. The van der Waals surface area contributed by atoms with Crippen LogP contribution in [0.5, 0.6) is 5.75 Å². The van der Waals surface area contributed by atoms with E-state index in [-0.39, 0.29) is 7.92 Å². The average Bonchev–Trinajstić information content (AvgIpc) is 3.34. The zero-order valence-electron chi connectivity index (χ0n) is 20.6. The highest BCUT2D eigenvalue weighted by atomic mass is 32.1. The first-order valence-electron chi connectivity index (χ1n) is 11.7. The van der Waals surface area contributed by atoms with Crippen molar-refractivity contribution in [2.75, 3.05) is 69.2 Å². The number of aromatic nitrogens is 2. The van der Waals surface area contributed by atoms with Crippen molar-refractivity contribution in [2.45, 2.75) is 0 Å². The van der Waals surface area contributed by atoms with Gasteiger partial charge in [0.2, 0.25) is 5.95 Å². The van der Waals surface area contributed by atoms with Gasteiger partial charge < -0.3 is 25.2 Å². The van der Waals surface area contributed by atoms with Gasteiger partial charge in [-0.2, -0.15) is 4.98 Å². The minimum absolute atomic E-state index is 0.251. The lowest BCUT2D eigenvalue weighted by molar-refractivity contribution is 0.312. The van der Waals surface area contributed by atoms with Crippen LogP contribution in [0.3, 0.4) is 0 Å². The molecule has 2 aromatic carbocycles. The molecule has 1 saturated heterocycles. The molecule has 0 unspecified atom stereocenters. The third-order valence-electron chi connectivity index (χ3n) is 6.24. The van der Waals surface area contributed by atoms with Crippen LogP contribution in [0.4, 0.5) is 28.8 Å². The Labute approximate surface area is 211 Å². The first kappa shape index (κ1) is 23.8. The van der Waals surface area contributed by atoms with Crippen molar-refractivity contribution >= 4 is 63.6 Å². The highest BCUT2D eigenvalue weighted by Gasteiger charge is 2.17. The summed E-state index contributed by atoms with van der Waals surface area (Å²) >= 11 is 1.64. The molecule has 0 saturated carbocycles. The molecule has 0 radical (unpaired) electrons. The van der Waals surface area contributed by atoms with E-state index in [9.17, 15) is 0 Å². The molecule has 4 aromatic rings. The maximum Gasteiger partial charge on any atom is 0.229 e. The average molecular weight is 507 g/mol. The van der Waals surface area contributed by atoms with E-state index >= 15 is 0 Å². The fraction of sp³-hybridized carbons (Fsp3) is 0.308. The molecule has 7 nitrogen and oxygen atoms in total. The van der Waals surface area contributed by atoms with Crippen molar-refractivity contribution in [2.24, 2.45) is 0 Å². The number of ether oxygens (including phenoxy) is 1. The molecule has 0 spiro atoms. The Bertz CT molecular complexity index is 1320. The second-order valence-electron chi connectivity index (χ2n) is 8.87. The summed E-state index contributed by atoms with van der Waals surface area (Å²) in [6, 6.07) is 16.8. The number of piperazine rings is 1. The molecule has 0 bridgehead atoms. The van der Waals surface area contributed by atoms with Gasteiger partial charge in [-0.15, -0.1) is 11.3 Å². The Balaban J connectivity index is 1.44. The lowest BCUT2D eigenvalue weighted by atomic mass is 10.2. The molecular weight excluding hydrogens is 475 g/mol. The fourth-order valence-electron chi connectivity index (χ4n) is 4.27. The number of anilines is 5. The molecule has 9 heteroatoms. The van der Waals surface area contributed by atoms with Crippen molar-refractivity contribution in [1.29, 1.82) is 0 Å². The second-order valence-corrected chi connectivity index (χ2v) is 12.1. The van der Waals surface area contributed by atoms with E-state index in [1.807, 2.05) is 6.07 Å². The molecule has 2 aromatic heterocycles. The number of rotatable bonds is 7. The van der Waals surface area contributed by atoms with E-state index in [1.54, 1.807) is 18.4 Å². The number of benzene rings is 2. The van der Waals surface area contributed by atoms with Gasteiger partial charge in [0, 0.05) is 43.6 Å². The van der Waals surface area contributed by atoms with Crippen LogP contribution in [0.25, 0.3) is 10.2 Å². The van der Waals surface area contributed by atoms with Gasteiger partial charge in [-0.05, 0) is 55.3 Å². The number of hydrogen-bond acceptors (Lipinski definition) is 8. The summed E-state index contributed by atoms with van der Waals surface area (Å²) in [7, 11) is 3.62. The third kappa shape index (κ3) is 5.20. The number of fused-ring (bicyclic) bond motifs is 1. The van der Waals surface area contributed by atoms with Gasteiger partial charge >= 0.3 is 0 Å². The van der Waals surface area contributed by atoms with Crippen molar-refractivity contribution in [3.8, 4) is 5.75 Å². The number of methoxy groups -OCH3 is 1. The van der Waals surface area contributed by atoms with E-state index in [2.05, 4.69) is 88.7 Å². The largest absolute Gasteiger partial charge is 0.494 e. The number of nitrogens with zero attached hydrogens (tertiary/aromatic N) is 4. The zero-order chi connectivity index (χ0) is 24.4. The van der Waals surface area contributed by atoms with Gasteiger partial charge in [0.1, 0.15) is 5.75 Å². The Morgan fingerprint density at radius 2 is 1.74 bits per heavy atom. The first-order valence-corrected chi connectivity index (χ1v) is 14.8. The van der Waals surface area contributed by atoms with Gasteiger partial charge in [0.15, 0.2) is 5.82 Å². The molecule has 1 fully saturated rings. The van der Waals surface area contributed by atoms with Crippen LogP contribution in [-0.2, 0) is 0 Å². The minimum Gasteiger partial charge on any atom is -0.494 e. The van der Waals surface area contributed by atoms with Crippen LogP contribution < -0.4 is 25.6 Å². The summed E-state index contributed by atoms with van der Waals surface area (Å²) in [6.45, 7) is 8.68. The standard InChI is InChI=1S/C26H31N6OPS/c1-31-12-14-32(15-13-31)18-9-10-19(22(17-18)33-2)28-26-29-21-11-16-35-24(21)25(30-26)27-20-7-5-6-8-23(20)34(3)4/h5-11,16-17H,12-15H2,1-4H3,(H2,27,28,29,30). The maximum atomic E-state index is 5.74. The monoisotopic (exact) mass is 506 g/mol. The topological polar surface area (TPSA) is 65.6 Å². The summed E-state index contributed by atoms with van der Waals surface area (Å²) in [5, 5.41) is 10.4. The van der Waals surface area contributed by atoms with Crippen molar-refractivity contribution in [3.05, 3.63) is 53.9 Å². The molecule has 1 aliphatic heterocycles. The van der Waals surface area contributed by atoms with Gasteiger partial charge in [-0.1, -0.05) is 26.1 Å². The molecule has 182 valence electrons. The Hall–Kier alpha value is -2.93. The molecule has 0 atom stereocenters. The minimum atomic E-state index is -0.251. The number of hydrogen-bond donors (Lipinski definition) is 2. The Morgan fingerprint density at radius 1 is 0.943 bits per heavy atom. The number of thiophene rings is 1. The Morgan fingerprint density at radius 3 is 2.51 bits per heavy atom. The summed E-state index contributed by atoms with van der Waals surface area (Å²) < 4.78 is 6.79. The van der Waals surface area contributed by atoms with Crippen molar-refractivity contribution in [3.63, 3.8) is 0 Å². The number of para-hydroxylation sites is 1. The lowest BCUT2D eigenvalue weighted by Gasteiger charge is -2.34. The van der Waals surface area contributed by atoms with Crippen molar-refractivity contribution < 1.29 is 4.74 Å². The van der Waals surface area contributed by atoms with E-state index in [0.717, 1.165) is 59.3 Å². The van der Waals surface area contributed by atoms with E-state index in [4.69, 9.17) is 14.7 Å². The second kappa shape index (κ2) is 10.4. The smallest absolute Gasteiger partial charge is 0.229 e. The number of nitrogens with one attached hydrogen (secondary N) is 2. The third-order valence-corrected chi connectivity index (χ3v) is 8.51. The van der Waals surface area contributed by atoms with Crippen LogP contribution in [0.2, 0.25) is 0 Å². The summed E-state index contributed by atoms with van der Waals surface area (Å²) in [4.78, 5) is 14.4. The predicted molar refractivity (Wildman–Crippen MR) is 152 cm³/mol. The molecule has 1 aliphatic rings. The maximum absolute atomic E-state index is 5.74. The molecular formula is C26H31N6OPS. The molecule has 0 aliphatic carbocycles. The highest BCUT2D eigenvalue weighted by molar-refractivity contribution is 7.64. The quantitative estimate of drug-likeness (QED) is 0.330. The van der Waals surface area contributed by atoms with Gasteiger partial charge in [0.25, 0.3) is 0 Å². The van der Waals surface area contributed by atoms with Crippen LogP contribution in [0, 0.1) is 0 Å². The van der Waals surface area contributed by atoms with Crippen LogP contribution in [0.15, 0.2) is 53.9 Å². The molecule has 3 heterocycles. The molecule has 0 amide bonds. The van der Waals surface area contributed by atoms with E-state index in [1.165, 1.54) is 11.0 Å². The van der Waals surface area contributed by atoms with Gasteiger partial charge in [-0.3, -0.25) is 0 Å². The molecule has 35 heavy (non-hydrogen) atoms. The molecule has 5 rings (SSSR count). The zero-order valence-corrected chi connectivity index (χ0v) is 22.3. The summed E-state index contributed by atoms with van der Waals surface area (Å²) in [5.41, 5.74) is 4.02. The normalized spacial score (nSPS) is 14.5. The highest BCUT2D eigenvalue weighted by Crippen LogP contribution is 2.35.